The molecule has 1 amide bonds. The van der Waals surface area contributed by atoms with Gasteiger partial charge in [0, 0.05) is 18.2 Å². The average molecular weight is 540 g/mol. The summed E-state index contributed by atoms with van der Waals surface area (Å²) >= 11 is 0. The maximum Gasteiger partial charge on any atom is 0.306 e. The Bertz CT molecular complexity index is 1210. The van der Waals surface area contributed by atoms with Crippen LogP contribution in [0.4, 0.5) is 8.78 Å². The van der Waals surface area contributed by atoms with Crippen molar-refractivity contribution < 1.29 is 28.2 Å². The fourth-order valence-corrected chi connectivity index (χ4v) is 7.73. The highest BCUT2D eigenvalue weighted by molar-refractivity contribution is 5.94. The smallest absolute Gasteiger partial charge is 0.306 e. The van der Waals surface area contributed by atoms with Crippen LogP contribution in [0.25, 0.3) is 0 Å². The van der Waals surface area contributed by atoms with Crippen molar-refractivity contribution in [3.8, 4) is 5.75 Å². The second-order valence-electron chi connectivity index (χ2n) is 12.1. The molecular formula is C32H39F2NO4. The number of carboxylic acid groups (broad SMARTS) is 1. The van der Waals surface area contributed by atoms with E-state index in [9.17, 15) is 19.1 Å². The lowest BCUT2D eigenvalue weighted by Crippen LogP contribution is -2.48. The van der Waals surface area contributed by atoms with Crippen molar-refractivity contribution in [2.24, 2.45) is 23.7 Å². The summed E-state index contributed by atoms with van der Waals surface area (Å²) in [4.78, 5) is 24.6. The molecule has 7 heteroatoms. The van der Waals surface area contributed by atoms with Crippen LogP contribution in [0.15, 0.2) is 30.3 Å². The Hall–Kier alpha value is -2.96. The molecule has 4 aliphatic rings. The summed E-state index contributed by atoms with van der Waals surface area (Å²) in [5.41, 5.74) is 1.84. The van der Waals surface area contributed by atoms with Gasteiger partial charge in [0.15, 0.2) is 0 Å². The van der Waals surface area contributed by atoms with E-state index in [1.807, 2.05) is 13.0 Å². The molecule has 2 N–H and O–H groups in total. The molecule has 4 bridgehead atoms. The highest BCUT2D eigenvalue weighted by Crippen LogP contribution is 2.60. The van der Waals surface area contributed by atoms with Gasteiger partial charge in [-0.05, 0) is 110 Å². The normalized spacial score (nSPS) is 25.9. The summed E-state index contributed by atoms with van der Waals surface area (Å²) in [5, 5.41) is 12.2. The van der Waals surface area contributed by atoms with Crippen molar-refractivity contribution in [3.63, 3.8) is 0 Å². The van der Waals surface area contributed by atoms with Crippen LogP contribution in [0.3, 0.4) is 0 Å². The molecule has 1 atom stereocenters. The first-order valence-corrected chi connectivity index (χ1v) is 14.5. The molecule has 4 aliphatic carbocycles. The molecule has 0 aliphatic heterocycles. The minimum atomic E-state index is -0.981. The number of benzene rings is 2. The van der Waals surface area contributed by atoms with E-state index in [0.29, 0.717) is 30.8 Å². The van der Waals surface area contributed by atoms with Crippen LogP contribution in [0.1, 0.15) is 92.3 Å². The van der Waals surface area contributed by atoms with Gasteiger partial charge in [0.25, 0.3) is 5.91 Å². The number of halogens is 2. The first-order chi connectivity index (χ1) is 18.7. The van der Waals surface area contributed by atoms with E-state index in [4.69, 9.17) is 4.74 Å². The highest BCUT2D eigenvalue weighted by atomic mass is 19.1. The third-order valence-corrected chi connectivity index (χ3v) is 9.30. The molecule has 4 fully saturated rings. The summed E-state index contributed by atoms with van der Waals surface area (Å²) in [6.07, 6.45) is 8.43. The molecule has 0 heterocycles. The van der Waals surface area contributed by atoms with Gasteiger partial charge >= 0.3 is 5.97 Å². The number of aliphatic carboxylic acids is 1. The fourth-order valence-electron chi connectivity index (χ4n) is 7.73. The Morgan fingerprint density at radius 3 is 2.23 bits per heavy atom. The third-order valence-electron chi connectivity index (χ3n) is 9.30. The van der Waals surface area contributed by atoms with Crippen LogP contribution in [0.5, 0.6) is 5.75 Å². The maximum absolute atomic E-state index is 15.3. The van der Waals surface area contributed by atoms with Gasteiger partial charge in [0.2, 0.25) is 0 Å². The molecule has 6 rings (SSSR count). The Morgan fingerprint density at radius 1 is 1.00 bits per heavy atom. The Balaban J connectivity index is 1.32. The molecule has 5 nitrogen and oxygen atoms in total. The molecule has 39 heavy (non-hydrogen) atoms. The Labute approximate surface area is 229 Å². The van der Waals surface area contributed by atoms with Crippen LogP contribution in [0.2, 0.25) is 0 Å². The topological polar surface area (TPSA) is 75.6 Å². The maximum atomic E-state index is 15.3. The zero-order valence-electron chi connectivity index (χ0n) is 22.9. The molecule has 0 saturated heterocycles. The van der Waals surface area contributed by atoms with Crippen molar-refractivity contribution in [1.82, 2.24) is 5.32 Å². The number of hydrogen-bond donors (Lipinski definition) is 2. The second kappa shape index (κ2) is 11.3. The lowest BCUT2D eigenvalue weighted by Gasteiger charge is -2.57. The fraction of sp³-hybridized carbons (Fsp3) is 0.562. The Kier molecular flexibility index (Phi) is 7.97. The van der Waals surface area contributed by atoms with Gasteiger partial charge < -0.3 is 15.2 Å². The van der Waals surface area contributed by atoms with Crippen molar-refractivity contribution in [3.05, 3.63) is 64.2 Å². The van der Waals surface area contributed by atoms with Crippen LogP contribution in [0, 0.1) is 35.3 Å². The molecule has 210 valence electrons. The minimum absolute atomic E-state index is 0.00515. The van der Waals surface area contributed by atoms with E-state index in [-0.39, 0.29) is 29.5 Å². The van der Waals surface area contributed by atoms with Crippen molar-refractivity contribution >= 4 is 11.9 Å². The summed E-state index contributed by atoms with van der Waals surface area (Å²) in [7, 11) is 0. The standard InChI is InChI=1S/C32H39F2NO4/c1-3-7-39-29-14-27(33)23(11-22(4-2)31(37)38)12-24(29)18-35-30(36)26-6-5-25(13-28(26)34)32-15-19-8-20(16-32)10-21(9-19)17-32/h5-6,12-14,19-22H,3-4,7-11,15-18H2,1-2H3,(H,35,36)(H,37,38)/t19?,20?,21?,22-,32?/m1/s1. The Morgan fingerprint density at radius 2 is 1.67 bits per heavy atom. The summed E-state index contributed by atoms with van der Waals surface area (Å²) in [6, 6.07) is 7.92. The molecular weight excluding hydrogens is 500 g/mol. The number of carbonyl (C=O) groups excluding carboxylic acids is 1. The summed E-state index contributed by atoms with van der Waals surface area (Å²) < 4.78 is 35.9. The number of hydrogen-bond acceptors (Lipinski definition) is 3. The van der Waals surface area contributed by atoms with E-state index in [1.54, 1.807) is 25.1 Å². The van der Waals surface area contributed by atoms with Crippen LogP contribution < -0.4 is 10.1 Å². The van der Waals surface area contributed by atoms with Crippen molar-refractivity contribution in [1.29, 1.82) is 0 Å². The third kappa shape index (κ3) is 5.68. The zero-order chi connectivity index (χ0) is 27.7. The van der Waals surface area contributed by atoms with Crippen LogP contribution in [-0.4, -0.2) is 23.6 Å². The van der Waals surface area contributed by atoms with E-state index in [1.165, 1.54) is 25.3 Å². The number of rotatable bonds is 11. The average Bonchev–Trinajstić information content (AvgIpc) is 2.89. The molecule has 4 saturated carbocycles. The lowest BCUT2D eigenvalue weighted by atomic mass is 9.48. The molecule has 2 aromatic carbocycles. The van der Waals surface area contributed by atoms with Gasteiger partial charge in [-0.3, -0.25) is 9.59 Å². The molecule has 0 spiro atoms. The predicted octanol–water partition coefficient (Wildman–Crippen LogP) is 6.80. The summed E-state index contributed by atoms with van der Waals surface area (Å²) in [5.74, 6) is -0.775. The minimum Gasteiger partial charge on any atom is -0.493 e. The SMILES string of the molecule is CCCOc1cc(F)c(C[C@@H](CC)C(=O)O)cc1CNC(=O)c1ccc(C23CC4CC(CC(C4)C2)C3)cc1F. The number of carbonyl (C=O) groups is 2. The number of ether oxygens (including phenoxy) is 1. The number of nitrogens with one attached hydrogen (secondary N) is 1. The quantitative estimate of drug-likeness (QED) is 0.329. The molecule has 0 unspecified atom stereocenters. The van der Waals surface area contributed by atoms with Gasteiger partial charge in [-0.2, -0.15) is 0 Å². The first-order valence-electron chi connectivity index (χ1n) is 14.5. The monoisotopic (exact) mass is 539 g/mol. The largest absolute Gasteiger partial charge is 0.493 e. The highest BCUT2D eigenvalue weighted by Gasteiger charge is 2.51. The van der Waals surface area contributed by atoms with Crippen LogP contribution >= 0.6 is 0 Å². The van der Waals surface area contributed by atoms with Gasteiger partial charge in [0.05, 0.1) is 18.1 Å². The van der Waals surface area contributed by atoms with Gasteiger partial charge in [-0.15, -0.1) is 0 Å². The van der Waals surface area contributed by atoms with Crippen LogP contribution in [-0.2, 0) is 23.2 Å². The van der Waals surface area contributed by atoms with E-state index < -0.39 is 29.4 Å². The summed E-state index contributed by atoms with van der Waals surface area (Å²) in [6.45, 7) is 4.05. The second-order valence-corrected chi connectivity index (χ2v) is 12.1. The van der Waals surface area contributed by atoms with E-state index >= 15 is 4.39 Å². The number of carboxylic acids is 1. The van der Waals surface area contributed by atoms with Gasteiger partial charge in [0.1, 0.15) is 17.4 Å². The number of amides is 1. The molecule has 0 radical (unpaired) electrons. The molecule has 0 aromatic heterocycles. The molecule has 2 aromatic rings. The van der Waals surface area contributed by atoms with Crippen molar-refractivity contribution in [2.45, 2.75) is 83.6 Å². The van der Waals surface area contributed by atoms with E-state index in [2.05, 4.69) is 5.32 Å². The van der Waals surface area contributed by atoms with Gasteiger partial charge in [-0.1, -0.05) is 19.9 Å². The van der Waals surface area contributed by atoms with Gasteiger partial charge in [-0.25, -0.2) is 8.78 Å². The predicted molar refractivity (Wildman–Crippen MR) is 145 cm³/mol. The lowest BCUT2D eigenvalue weighted by molar-refractivity contribution is -0.141. The van der Waals surface area contributed by atoms with Crippen molar-refractivity contribution in [2.75, 3.05) is 6.61 Å². The van der Waals surface area contributed by atoms with E-state index in [0.717, 1.165) is 42.6 Å². The zero-order valence-corrected chi connectivity index (χ0v) is 22.9. The first kappa shape index (κ1) is 27.6.